The summed E-state index contributed by atoms with van der Waals surface area (Å²) in [5.74, 6) is -0.263. The average Bonchev–Trinajstić information content (AvgIpc) is 3.02. The van der Waals surface area contributed by atoms with Crippen LogP contribution in [0.25, 0.3) is 11.3 Å². The summed E-state index contributed by atoms with van der Waals surface area (Å²) < 4.78 is 21.2. The summed E-state index contributed by atoms with van der Waals surface area (Å²) in [5, 5.41) is 11.1. The van der Waals surface area contributed by atoms with Crippen molar-refractivity contribution in [2.45, 2.75) is 19.9 Å². The van der Waals surface area contributed by atoms with Crippen LogP contribution in [0.5, 0.6) is 0 Å². The Bertz CT molecular complexity index is 756. The van der Waals surface area contributed by atoms with Crippen LogP contribution in [0.15, 0.2) is 30.5 Å². The molecule has 0 atom stereocenters. The Hall–Kier alpha value is -2.12. The van der Waals surface area contributed by atoms with E-state index in [1.165, 1.54) is 6.07 Å². The number of halogens is 1. The van der Waals surface area contributed by atoms with E-state index in [9.17, 15) is 4.39 Å². The molecule has 1 aromatic heterocycles. The lowest BCUT2D eigenvalue weighted by Gasteiger charge is -2.14. The number of thiocarbonyl (C=S) groups is 1. The molecule has 120 valence electrons. The topological polar surface area (TPSA) is 52.0 Å². The van der Waals surface area contributed by atoms with Gasteiger partial charge in [-0.2, -0.15) is 0 Å². The first-order valence-corrected chi connectivity index (χ1v) is 7.77. The molecule has 0 saturated heterocycles. The van der Waals surface area contributed by atoms with E-state index in [1.807, 2.05) is 12.1 Å². The van der Waals surface area contributed by atoms with E-state index in [2.05, 4.69) is 15.6 Å². The Kier molecular flexibility index (Phi) is 4.78. The summed E-state index contributed by atoms with van der Waals surface area (Å²) in [6, 6.07) is 5.09. The molecule has 2 aromatic rings. The second-order valence-corrected chi connectivity index (χ2v) is 5.89. The molecular weight excluding hydrogens is 315 g/mol. The van der Waals surface area contributed by atoms with E-state index >= 15 is 0 Å². The molecule has 5 nitrogen and oxygen atoms in total. The number of nitrogens with one attached hydrogen (secondary N) is 1. The minimum Gasteiger partial charge on any atom is -0.377 e. The summed E-state index contributed by atoms with van der Waals surface area (Å²) in [5.41, 5.74) is 2.98. The van der Waals surface area contributed by atoms with Crippen molar-refractivity contribution < 1.29 is 9.13 Å². The number of benzene rings is 1. The molecule has 0 fully saturated rings. The van der Waals surface area contributed by atoms with Crippen LogP contribution in [-0.4, -0.2) is 33.2 Å². The standard InChI is InChI=1S/C16H17FN4OS/c1-11(23)18-9-13-10-21(20-19-13)14-2-3-15(16(17)8-14)12-4-6-22-7-5-12/h2-4,8,10H,5-7,9H2,1H3,(H,18,23). The van der Waals surface area contributed by atoms with Crippen LogP contribution in [0, 0.1) is 5.82 Å². The van der Waals surface area contributed by atoms with Crippen molar-refractivity contribution >= 4 is 22.8 Å². The molecule has 1 aliphatic heterocycles. The molecule has 23 heavy (non-hydrogen) atoms. The Balaban J connectivity index is 1.80. The van der Waals surface area contributed by atoms with Crippen molar-refractivity contribution in [3.05, 3.63) is 47.5 Å². The van der Waals surface area contributed by atoms with Gasteiger partial charge in [0, 0.05) is 11.6 Å². The first-order valence-electron chi connectivity index (χ1n) is 7.36. The molecular formula is C16H17FN4OS. The quantitative estimate of drug-likeness (QED) is 0.873. The fourth-order valence-electron chi connectivity index (χ4n) is 2.40. The summed E-state index contributed by atoms with van der Waals surface area (Å²) in [4.78, 5) is 0.694. The fraction of sp³-hybridized carbons (Fsp3) is 0.312. The summed E-state index contributed by atoms with van der Waals surface area (Å²) in [6.07, 6.45) is 4.41. The molecule has 0 unspecified atom stereocenters. The first kappa shape index (κ1) is 15.8. The molecule has 0 radical (unpaired) electrons. The number of nitrogens with zero attached hydrogens (tertiary/aromatic N) is 3. The van der Waals surface area contributed by atoms with Gasteiger partial charge >= 0.3 is 0 Å². The van der Waals surface area contributed by atoms with Crippen molar-refractivity contribution in [3.8, 4) is 5.69 Å². The first-order chi connectivity index (χ1) is 11.1. The van der Waals surface area contributed by atoms with Crippen LogP contribution in [0.1, 0.15) is 24.6 Å². The van der Waals surface area contributed by atoms with Crippen LogP contribution >= 0.6 is 12.2 Å². The lowest BCUT2D eigenvalue weighted by molar-refractivity contribution is 0.161. The maximum atomic E-state index is 14.4. The Morgan fingerprint density at radius 1 is 1.48 bits per heavy atom. The zero-order valence-electron chi connectivity index (χ0n) is 12.8. The lowest BCUT2D eigenvalue weighted by Crippen LogP contribution is -2.17. The van der Waals surface area contributed by atoms with Gasteiger partial charge in [0.25, 0.3) is 0 Å². The van der Waals surface area contributed by atoms with E-state index in [0.717, 1.165) is 17.7 Å². The van der Waals surface area contributed by atoms with Gasteiger partial charge in [-0.25, -0.2) is 9.07 Å². The third-order valence-electron chi connectivity index (χ3n) is 3.59. The van der Waals surface area contributed by atoms with Crippen LogP contribution in [-0.2, 0) is 11.3 Å². The molecule has 0 bridgehead atoms. The number of rotatable bonds is 4. The molecule has 0 saturated carbocycles. The van der Waals surface area contributed by atoms with Gasteiger partial charge in [0.15, 0.2) is 0 Å². The largest absolute Gasteiger partial charge is 0.377 e. The maximum Gasteiger partial charge on any atom is 0.132 e. The van der Waals surface area contributed by atoms with Crippen LogP contribution in [0.3, 0.4) is 0 Å². The average molecular weight is 332 g/mol. The van der Waals surface area contributed by atoms with E-state index < -0.39 is 0 Å². The van der Waals surface area contributed by atoms with E-state index in [4.69, 9.17) is 17.0 Å². The predicted molar refractivity (Wildman–Crippen MR) is 89.8 cm³/mol. The van der Waals surface area contributed by atoms with Gasteiger partial charge in [0.05, 0.1) is 36.6 Å². The number of ether oxygens (including phenoxy) is 1. The van der Waals surface area contributed by atoms with Crippen LogP contribution < -0.4 is 5.32 Å². The van der Waals surface area contributed by atoms with Crippen LogP contribution in [0.2, 0.25) is 0 Å². The zero-order valence-corrected chi connectivity index (χ0v) is 13.6. The van der Waals surface area contributed by atoms with Gasteiger partial charge in [-0.1, -0.05) is 23.5 Å². The van der Waals surface area contributed by atoms with Crippen molar-refractivity contribution in [2.75, 3.05) is 13.2 Å². The van der Waals surface area contributed by atoms with Gasteiger partial charge in [0.1, 0.15) is 11.5 Å². The Morgan fingerprint density at radius 3 is 3.04 bits per heavy atom. The van der Waals surface area contributed by atoms with Gasteiger partial charge in [0.2, 0.25) is 0 Å². The number of hydrogen-bond donors (Lipinski definition) is 1. The molecule has 1 aliphatic rings. The van der Waals surface area contributed by atoms with E-state index in [-0.39, 0.29) is 5.82 Å². The second kappa shape index (κ2) is 6.97. The normalized spacial score (nSPS) is 14.4. The van der Waals surface area contributed by atoms with Crippen molar-refractivity contribution in [1.82, 2.24) is 20.3 Å². The summed E-state index contributed by atoms with van der Waals surface area (Å²) in [6.45, 7) is 3.47. The second-order valence-electron chi connectivity index (χ2n) is 5.28. The predicted octanol–water partition coefficient (Wildman–Crippen LogP) is 2.65. The minimum absolute atomic E-state index is 0.263. The zero-order chi connectivity index (χ0) is 16.2. The highest BCUT2D eigenvalue weighted by molar-refractivity contribution is 7.80. The maximum absolute atomic E-state index is 14.4. The molecule has 3 rings (SSSR count). The smallest absolute Gasteiger partial charge is 0.132 e. The minimum atomic E-state index is -0.263. The summed E-state index contributed by atoms with van der Waals surface area (Å²) >= 11 is 4.96. The van der Waals surface area contributed by atoms with Gasteiger partial charge in [-0.05, 0) is 31.1 Å². The fourth-order valence-corrected chi connectivity index (χ4v) is 2.47. The highest BCUT2D eigenvalue weighted by Crippen LogP contribution is 2.25. The Labute approximate surface area is 139 Å². The van der Waals surface area contributed by atoms with Crippen molar-refractivity contribution in [1.29, 1.82) is 0 Å². The van der Waals surface area contributed by atoms with Gasteiger partial charge in [-0.15, -0.1) is 5.10 Å². The Morgan fingerprint density at radius 2 is 2.35 bits per heavy atom. The molecule has 2 heterocycles. The van der Waals surface area contributed by atoms with Crippen molar-refractivity contribution in [3.63, 3.8) is 0 Å². The molecule has 1 N–H and O–H groups in total. The van der Waals surface area contributed by atoms with E-state index in [1.54, 1.807) is 23.9 Å². The third-order valence-corrected chi connectivity index (χ3v) is 3.73. The third kappa shape index (κ3) is 3.80. The molecule has 0 spiro atoms. The monoisotopic (exact) mass is 332 g/mol. The van der Waals surface area contributed by atoms with Gasteiger partial charge < -0.3 is 10.1 Å². The molecule has 1 aromatic carbocycles. The van der Waals surface area contributed by atoms with Crippen LogP contribution in [0.4, 0.5) is 4.39 Å². The SMILES string of the molecule is CC(=S)NCc1cn(-c2ccc(C3=CCOCC3)c(F)c2)nn1. The molecule has 0 aliphatic carbocycles. The highest BCUT2D eigenvalue weighted by Gasteiger charge is 2.12. The molecule has 0 amide bonds. The number of hydrogen-bond acceptors (Lipinski definition) is 4. The molecule has 7 heteroatoms. The van der Waals surface area contributed by atoms with Gasteiger partial charge in [-0.3, -0.25) is 0 Å². The highest BCUT2D eigenvalue weighted by atomic mass is 32.1. The number of aromatic nitrogens is 3. The summed E-state index contributed by atoms with van der Waals surface area (Å²) in [7, 11) is 0. The van der Waals surface area contributed by atoms with Crippen molar-refractivity contribution in [2.24, 2.45) is 0 Å². The lowest BCUT2D eigenvalue weighted by atomic mass is 10.0. The van der Waals surface area contributed by atoms with E-state index in [0.29, 0.717) is 36.0 Å².